The molecule has 1 amide bonds. The third kappa shape index (κ3) is 4.06. The van der Waals surface area contributed by atoms with Gasteiger partial charge < -0.3 is 20.8 Å². The van der Waals surface area contributed by atoms with Gasteiger partial charge in [-0.1, -0.05) is 60.4 Å². The van der Waals surface area contributed by atoms with Crippen molar-refractivity contribution in [1.82, 2.24) is 10.3 Å². The standard InChI is InChI=1S/C24H21N3O3/c25-22-13-16(14-27-23(22)28)7-5-6-12-26-24(29)30-15-21-19-10-3-1-8-17(19)18-9-2-4-11-20(18)21/h1-4,8-11,13-14,21H,6,12,15,25H2,(H,26,29)(H,27,28). The molecular weight excluding hydrogens is 378 g/mol. The highest BCUT2D eigenvalue weighted by atomic mass is 16.5. The Morgan fingerprint density at radius 2 is 1.77 bits per heavy atom. The minimum Gasteiger partial charge on any atom is -0.449 e. The smallest absolute Gasteiger partial charge is 0.407 e. The lowest BCUT2D eigenvalue weighted by Crippen LogP contribution is -2.26. The van der Waals surface area contributed by atoms with Crippen molar-refractivity contribution in [3.63, 3.8) is 0 Å². The van der Waals surface area contributed by atoms with E-state index in [-0.39, 0.29) is 23.8 Å². The molecule has 1 heterocycles. The van der Waals surface area contributed by atoms with E-state index < -0.39 is 6.09 Å². The highest BCUT2D eigenvalue weighted by molar-refractivity contribution is 5.79. The molecule has 6 heteroatoms. The van der Waals surface area contributed by atoms with E-state index in [9.17, 15) is 9.59 Å². The van der Waals surface area contributed by atoms with E-state index in [1.165, 1.54) is 34.5 Å². The maximum absolute atomic E-state index is 12.1. The van der Waals surface area contributed by atoms with E-state index in [4.69, 9.17) is 10.5 Å². The Morgan fingerprint density at radius 3 is 2.43 bits per heavy atom. The van der Waals surface area contributed by atoms with Crippen LogP contribution in [0.1, 0.15) is 29.0 Å². The first-order valence-electron chi connectivity index (χ1n) is 9.69. The topological polar surface area (TPSA) is 97.2 Å². The number of anilines is 1. The van der Waals surface area contributed by atoms with Gasteiger partial charge in [-0.2, -0.15) is 0 Å². The van der Waals surface area contributed by atoms with Gasteiger partial charge in [-0.25, -0.2) is 4.79 Å². The summed E-state index contributed by atoms with van der Waals surface area (Å²) in [7, 11) is 0. The van der Waals surface area contributed by atoms with Crippen LogP contribution in [0.4, 0.5) is 10.5 Å². The van der Waals surface area contributed by atoms with Gasteiger partial charge in [0.05, 0.1) is 5.69 Å². The van der Waals surface area contributed by atoms with Crippen molar-refractivity contribution in [1.29, 1.82) is 0 Å². The molecule has 0 radical (unpaired) electrons. The normalized spacial score (nSPS) is 11.7. The van der Waals surface area contributed by atoms with Gasteiger partial charge >= 0.3 is 6.09 Å². The van der Waals surface area contributed by atoms with Crippen molar-refractivity contribution in [2.75, 3.05) is 18.9 Å². The lowest BCUT2D eigenvalue weighted by molar-refractivity contribution is 0.143. The average Bonchev–Trinajstić information content (AvgIpc) is 3.08. The maximum Gasteiger partial charge on any atom is 0.407 e. The number of fused-ring (bicyclic) bond motifs is 3. The molecule has 0 aliphatic heterocycles. The lowest BCUT2D eigenvalue weighted by Gasteiger charge is -2.14. The van der Waals surface area contributed by atoms with Crippen LogP contribution >= 0.6 is 0 Å². The van der Waals surface area contributed by atoms with Crippen molar-refractivity contribution in [2.45, 2.75) is 12.3 Å². The Bertz CT molecular complexity index is 1160. The second-order valence-corrected chi connectivity index (χ2v) is 6.98. The van der Waals surface area contributed by atoms with Gasteiger partial charge in [0, 0.05) is 30.6 Å². The molecular formula is C24H21N3O3. The fourth-order valence-electron chi connectivity index (χ4n) is 3.61. The first-order valence-corrected chi connectivity index (χ1v) is 9.69. The van der Waals surface area contributed by atoms with E-state index in [0.717, 1.165) is 0 Å². The number of amides is 1. The largest absolute Gasteiger partial charge is 0.449 e. The van der Waals surface area contributed by atoms with Crippen LogP contribution in [0.3, 0.4) is 0 Å². The van der Waals surface area contributed by atoms with Crippen LogP contribution in [0.15, 0.2) is 65.6 Å². The average molecular weight is 399 g/mol. The Kier molecular flexibility index (Phi) is 5.53. The first kappa shape index (κ1) is 19.3. The molecule has 3 aromatic rings. The molecule has 1 aromatic heterocycles. The second kappa shape index (κ2) is 8.58. The summed E-state index contributed by atoms with van der Waals surface area (Å²) in [6.07, 6.45) is 1.49. The van der Waals surface area contributed by atoms with Gasteiger partial charge in [-0.05, 0) is 28.3 Å². The zero-order chi connectivity index (χ0) is 20.9. The SMILES string of the molecule is Nc1cc(C#CCCNC(=O)OCC2c3ccccc3-c3ccccc32)c[nH]c1=O. The molecule has 1 aliphatic carbocycles. The molecule has 0 spiro atoms. The summed E-state index contributed by atoms with van der Waals surface area (Å²) in [6, 6.07) is 17.9. The van der Waals surface area contributed by atoms with Gasteiger partial charge in [0.2, 0.25) is 0 Å². The van der Waals surface area contributed by atoms with Crippen molar-refractivity contribution < 1.29 is 9.53 Å². The van der Waals surface area contributed by atoms with Crippen molar-refractivity contribution >= 4 is 11.8 Å². The van der Waals surface area contributed by atoms with Crippen molar-refractivity contribution in [3.05, 3.63) is 87.8 Å². The molecule has 30 heavy (non-hydrogen) atoms. The number of nitrogen functional groups attached to an aromatic ring is 1. The predicted octanol–water partition coefficient (Wildman–Crippen LogP) is 3.24. The second-order valence-electron chi connectivity index (χ2n) is 6.98. The zero-order valence-corrected chi connectivity index (χ0v) is 16.3. The highest BCUT2D eigenvalue weighted by Gasteiger charge is 2.28. The van der Waals surface area contributed by atoms with Crippen molar-refractivity contribution in [3.8, 4) is 23.0 Å². The van der Waals surface area contributed by atoms with Crippen LogP contribution in [0.5, 0.6) is 0 Å². The Balaban J connectivity index is 1.29. The summed E-state index contributed by atoms with van der Waals surface area (Å²) < 4.78 is 5.48. The maximum atomic E-state index is 12.1. The van der Waals surface area contributed by atoms with Gasteiger partial charge in [0.25, 0.3) is 5.56 Å². The quantitative estimate of drug-likeness (QED) is 0.463. The van der Waals surface area contributed by atoms with Gasteiger partial charge in [-0.15, -0.1) is 0 Å². The molecule has 2 aromatic carbocycles. The van der Waals surface area contributed by atoms with Gasteiger partial charge in [0.1, 0.15) is 6.61 Å². The van der Waals surface area contributed by atoms with E-state index in [2.05, 4.69) is 46.4 Å². The van der Waals surface area contributed by atoms with Crippen LogP contribution in [0.25, 0.3) is 11.1 Å². The summed E-state index contributed by atoms with van der Waals surface area (Å²) in [4.78, 5) is 25.8. The number of alkyl carbamates (subject to hydrolysis) is 1. The number of rotatable bonds is 4. The number of carbonyl (C=O) groups is 1. The van der Waals surface area contributed by atoms with Crippen molar-refractivity contribution in [2.24, 2.45) is 0 Å². The molecule has 4 rings (SSSR count). The molecule has 0 saturated heterocycles. The molecule has 0 fully saturated rings. The van der Waals surface area contributed by atoms with E-state index in [0.29, 0.717) is 18.5 Å². The fraction of sp³-hybridized carbons (Fsp3) is 0.167. The number of carbonyl (C=O) groups excluding carboxylic acids is 1. The molecule has 6 nitrogen and oxygen atoms in total. The number of H-pyrrole nitrogens is 1. The number of pyridine rings is 1. The van der Waals surface area contributed by atoms with Gasteiger partial charge in [-0.3, -0.25) is 4.79 Å². The third-order valence-corrected chi connectivity index (χ3v) is 5.03. The zero-order valence-electron chi connectivity index (χ0n) is 16.3. The van der Waals surface area contributed by atoms with Crippen LogP contribution in [-0.4, -0.2) is 24.2 Å². The van der Waals surface area contributed by atoms with Gasteiger partial charge in [0.15, 0.2) is 0 Å². The molecule has 0 saturated carbocycles. The highest BCUT2D eigenvalue weighted by Crippen LogP contribution is 2.44. The van der Waals surface area contributed by atoms with E-state index >= 15 is 0 Å². The molecule has 1 aliphatic rings. The summed E-state index contributed by atoms with van der Waals surface area (Å²) in [5, 5.41) is 2.72. The summed E-state index contributed by atoms with van der Waals surface area (Å²) >= 11 is 0. The van der Waals surface area contributed by atoms with Crippen LogP contribution in [0, 0.1) is 11.8 Å². The number of ether oxygens (including phenoxy) is 1. The summed E-state index contributed by atoms with van der Waals surface area (Å²) in [6.45, 7) is 0.644. The number of nitrogens with one attached hydrogen (secondary N) is 2. The summed E-state index contributed by atoms with van der Waals surface area (Å²) in [5.41, 5.74) is 10.7. The number of nitrogens with two attached hydrogens (primary N) is 1. The third-order valence-electron chi connectivity index (χ3n) is 5.03. The minimum absolute atomic E-state index is 0.0358. The molecule has 4 N–H and O–H groups in total. The first-order chi connectivity index (χ1) is 14.6. The molecule has 150 valence electrons. The molecule has 0 bridgehead atoms. The molecule has 0 atom stereocenters. The van der Waals surface area contributed by atoms with Crippen LogP contribution in [0.2, 0.25) is 0 Å². The summed E-state index contributed by atoms with van der Waals surface area (Å²) in [5.74, 6) is 5.86. The van der Waals surface area contributed by atoms with E-state index in [1.807, 2.05) is 24.3 Å². The number of hydrogen-bond acceptors (Lipinski definition) is 4. The van der Waals surface area contributed by atoms with Crippen LogP contribution in [-0.2, 0) is 4.74 Å². The number of aromatic nitrogens is 1. The minimum atomic E-state index is -0.466. The number of benzene rings is 2. The van der Waals surface area contributed by atoms with Crippen LogP contribution < -0.4 is 16.6 Å². The Hall–Kier alpha value is -3.98. The number of hydrogen-bond donors (Lipinski definition) is 3. The fourth-order valence-corrected chi connectivity index (χ4v) is 3.61. The predicted molar refractivity (Wildman–Crippen MR) is 116 cm³/mol. The monoisotopic (exact) mass is 399 g/mol. The Labute approximate surface area is 174 Å². The number of aromatic amines is 1. The lowest BCUT2D eigenvalue weighted by atomic mass is 9.98. The Morgan fingerprint density at radius 1 is 1.10 bits per heavy atom. The molecule has 0 unspecified atom stereocenters. The van der Waals surface area contributed by atoms with E-state index in [1.54, 1.807) is 0 Å².